The van der Waals surface area contributed by atoms with E-state index in [-0.39, 0.29) is 0 Å². The Balaban J connectivity index is 3.37. The van der Waals surface area contributed by atoms with Crippen LogP contribution in [0.3, 0.4) is 0 Å². The van der Waals surface area contributed by atoms with E-state index in [1.165, 1.54) is 20.8 Å². The molecule has 0 aromatic carbocycles. The van der Waals surface area contributed by atoms with Crippen LogP contribution in [0.4, 0.5) is 17.6 Å². The van der Waals surface area contributed by atoms with Crippen LogP contribution in [0.1, 0.15) is 32.9 Å². The molecule has 0 aliphatic carbocycles. The first kappa shape index (κ1) is 11.0. The fraction of sp³-hybridized carbons (Fsp3) is 0.625. The molecule has 80 valence electrons. The Labute approximate surface area is 78.5 Å². The third-order valence-corrected chi connectivity index (χ3v) is 1.66. The van der Waals surface area contributed by atoms with E-state index >= 15 is 0 Å². The van der Waals surface area contributed by atoms with Crippen LogP contribution >= 0.6 is 0 Å². The van der Waals surface area contributed by atoms with E-state index in [1.807, 2.05) is 0 Å². The predicted molar refractivity (Wildman–Crippen MR) is 42.1 cm³/mol. The molecule has 0 aliphatic rings. The largest absolute Gasteiger partial charge is 0.283 e. The normalized spacial score (nSPS) is 12.6. The Bertz CT molecular complexity index is 338. The summed E-state index contributed by atoms with van der Waals surface area (Å²) in [6.07, 6.45) is -3.08. The van der Waals surface area contributed by atoms with Gasteiger partial charge in [-0.2, -0.15) is 8.78 Å². The number of nitrogens with zero attached hydrogens (tertiary/aromatic N) is 2. The van der Waals surface area contributed by atoms with Crippen molar-refractivity contribution >= 4 is 0 Å². The van der Waals surface area contributed by atoms with Crippen molar-refractivity contribution in [3.8, 4) is 0 Å². The van der Waals surface area contributed by atoms with Crippen molar-refractivity contribution in [1.82, 2.24) is 9.78 Å². The molecule has 0 bridgehead atoms. The maximum atomic E-state index is 12.9. The van der Waals surface area contributed by atoms with Gasteiger partial charge in [-0.15, -0.1) is 5.10 Å². The van der Waals surface area contributed by atoms with Crippen LogP contribution < -0.4 is 0 Å². The second-order valence-electron chi connectivity index (χ2n) is 3.87. The molecule has 1 aromatic heterocycles. The molecule has 14 heavy (non-hydrogen) atoms. The molecular weight excluding hydrogens is 200 g/mol. The molecule has 1 heterocycles. The van der Waals surface area contributed by atoms with Gasteiger partial charge in [0.15, 0.2) is 0 Å². The van der Waals surface area contributed by atoms with Crippen molar-refractivity contribution < 1.29 is 17.6 Å². The maximum Gasteiger partial charge on any atom is 0.283 e. The van der Waals surface area contributed by atoms with Gasteiger partial charge in [0.25, 0.3) is 12.4 Å². The van der Waals surface area contributed by atoms with Crippen molar-refractivity contribution in [3.05, 3.63) is 17.5 Å². The molecule has 1 aromatic rings. The van der Waals surface area contributed by atoms with Crippen LogP contribution in [0, 0.1) is 11.8 Å². The van der Waals surface area contributed by atoms with Gasteiger partial charge in [0.1, 0.15) is 5.69 Å². The highest BCUT2D eigenvalue weighted by molar-refractivity contribution is 5.09. The highest BCUT2D eigenvalue weighted by Gasteiger charge is 2.30. The van der Waals surface area contributed by atoms with Gasteiger partial charge in [0.2, 0.25) is 5.82 Å². The second kappa shape index (κ2) is 3.25. The summed E-state index contributed by atoms with van der Waals surface area (Å²) in [7, 11) is 0. The molecular formula is C8H10F4N2. The topological polar surface area (TPSA) is 17.8 Å². The Kier molecular flexibility index (Phi) is 2.56. The second-order valence-corrected chi connectivity index (χ2v) is 3.87. The number of hydrogen-bond donors (Lipinski definition) is 0. The fourth-order valence-corrected chi connectivity index (χ4v) is 1.08. The molecule has 1 rings (SSSR count). The molecule has 0 atom stereocenters. The minimum Gasteiger partial charge on any atom is -0.252 e. The molecule has 0 amide bonds. The lowest BCUT2D eigenvalue weighted by atomic mass is 10.1. The lowest BCUT2D eigenvalue weighted by Gasteiger charge is -2.21. The Morgan fingerprint density at radius 2 is 1.71 bits per heavy atom. The highest BCUT2D eigenvalue weighted by atomic mass is 19.3. The quantitative estimate of drug-likeness (QED) is 0.651. The predicted octanol–water partition coefficient (Wildman–Crippen LogP) is 2.85. The van der Waals surface area contributed by atoms with Gasteiger partial charge in [-0.1, -0.05) is 0 Å². The van der Waals surface area contributed by atoms with E-state index in [1.54, 1.807) is 0 Å². The summed E-state index contributed by atoms with van der Waals surface area (Å²) in [6, 6.07) is 0. The van der Waals surface area contributed by atoms with E-state index in [0.29, 0.717) is 4.68 Å². The smallest absolute Gasteiger partial charge is 0.252 e. The van der Waals surface area contributed by atoms with Gasteiger partial charge < -0.3 is 0 Å². The molecule has 6 heteroatoms. The summed E-state index contributed by atoms with van der Waals surface area (Å²) < 4.78 is 50.9. The summed E-state index contributed by atoms with van der Waals surface area (Å²) in [5, 5.41) is 3.10. The van der Waals surface area contributed by atoms with E-state index < -0.39 is 29.4 Å². The lowest BCUT2D eigenvalue weighted by Crippen LogP contribution is -2.25. The van der Waals surface area contributed by atoms with Crippen LogP contribution in [0.25, 0.3) is 0 Å². The van der Waals surface area contributed by atoms with Crippen molar-refractivity contribution in [3.63, 3.8) is 0 Å². The van der Waals surface area contributed by atoms with Crippen LogP contribution in [0.15, 0.2) is 0 Å². The van der Waals surface area contributed by atoms with E-state index in [9.17, 15) is 17.6 Å². The van der Waals surface area contributed by atoms with Gasteiger partial charge in [0.05, 0.1) is 5.54 Å². The van der Waals surface area contributed by atoms with Gasteiger partial charge in [-0.3, -0.25) is 4.68 Å². The third-order valence-electron chi connectivity index (χ3n) is 1.66. The summed E-state index contributed by atoms with van der Waals surface area (Å²) in [5.41, 5.74) is -1.88. The van der Waals surface area contributed by atoms with Crippen molar-refractivity contribution in [2.45, 2.75) is 32.7 Å². The average molecular weight is 210 g/mol. The fourth-order valence-electron chi connectivity index (χ4n) is 1.08. The molecule has 2 nitrogen and oxygen atoms in total. The molecule has 0 fully saturated rings. The molecule has 0 spiro atoms. The molecule has 0 N–H and O–H groups in total. The van der Waals surface area contributed by atoms with Gasteiger partial charge in [0, 0.05) is 0 Å². The number of halogens is 4. The maximum absolute atomic E-state index is 12.9. The first-order valence-electron chi connectivity index (χ1n) is 3.97. The van der Waals surface area contributed by atoms with Crippen LogP contribution in [-0.2, 0) is 5.54 Å². The summed E-state index contributed by atoms with van der Waals surface area (Å²) in [6.45, 7) is 4.60. The Hall–Kier alpha value is -1.07. The Morgan fingerprint density at radius 3 is 2.00 bits per heavy atom. The summed E-state index contributed by atoms with van der Waals surface area (Å²) >= 11 is 0. The summed E-state index contributed by atoms with van der Waals surface area (Å²) in [5.74, 6) is -3.06. The van der Waals surface area contributed by atoms with E-state index in [2.05, 4.69) is 5.10 Å². The van der Waals surface area contributed by atoms with E-state index in [0.717, 1.165) is 0 Å². The molecule has 0 saturated carbocycles. The van der Waals surface area contributed by atoms with Crippen LogP contribution in [0.2, 0.25) is 0 Å². The van der Waals surface area contributed by atoms with Gasteiger partial charge in [-0.05, 0) is 20.8 Å². The average Bonchev–Trinajstić information content (AvgIpc) is 2.27. The van der Waals surface area contributed by atoms with Gasteiger partial charge in [-0.25, -0.2) is 8.78 Å². The number of alkyl halides is 2. The minimum atomic E-state index is -3.08. The van der Waals surface area contributed by atoms with E-state index in [4.69, 9.17) is 0 Å². The standard InChI is InChI=1S/C8H10F4N2/c1-8(2,3)14-5(6(10)11)4(9)7(12)13-14/h6H,1-3H3. The van der Waals surface area contributed by atoms with Gasteiger partial charge >= 0.3 is 0 Å². The number of aromatic nitrogens is 2. The van der Waals surface area contributed by atoms with Crippen molar-refractivity contribution in [1.29, 1.82) is 0 Å². The SMILES string of the molecule is CC(C)(C)n1nc(F)c(F)c1C(F)F. The zero-order valence-electron chi connectivity index (χ0n) is 7.98. The monoisotopic (exact) mass is 210 g/mol. The zero-order valence-corrected chi connectivity index (χ0v) is 7.98. The van der Waals surface area contributed by atoms with Crippen molar-refractivity contribution in [2.24, 2.45) is 0 Å². The first-order valence-corrected chi connectivity index (χ1v) is 3.97. The number of rotatable bonds is 1. The number of hydrogen-bond acceptors (Lipinski definition) is 1. The van der Waals surface area contributed by atoms with Crippen LogP contribution in [0.5, 0.6) is 0 Å². The third kappa shape index (κ3) is 1.73. The lowest BCUT2D eigenvalue weighted by molar-refractivity contribution is 0.125. The minimum absolute atomic E-state index is 0.669. The molecule has 0 saturated heterocycles. The first-order chi connectivity index (χ1) is 6.25. The molecule has 0 aliphatic heterocycles. The molecule has 0 unspecified atom stereocenters. The van der Waals surface area contributed by atoms with Crippen molar-refractivity contribution in [2.75, 3.05) is 0 Å². The summed E-state index contributed by atoms with van der Waals surface area (Å²) in [4.78, 5) is 0. The highest BCUT2D eigenvalue weighted by Crippen LogP contribution is 2.28. The van der Waals surface area contributed by atoms with Crippen LogP contribution in [-0.4, -0.2) is 9.78 Å². The Morgan fingerprint density at radius 1 is 1.21 bits per heavy atom. The zero-order chi connectivity index (χ0) is 11.1. The molecule has 0 radical (unpaired) electrons.